The molecule has 2 heterocycles. The molecule has 21 heavy (non-hydrogen) atoms. The van der Waals surface area contributed by atoms with Gasteiger partial charge in [0.25, 0.3) is 0 Å². The highest BCUT2D eigenvalue weighted by atomic mass is 32.2. The zero-order valence-corrected chi connectivity index (χ0v) is 12.3. The van der Waals surface area contributed by atoms with E-state index < -0.39 is 0 Å². The minimum atomic E-state index is -0.0654. The van der Waals surface area contributed by atoms with Crippen LogP contribution in [0.15, 0.2) is 33.2 Å². The van der Waals surface area contributed by atoms with Gasteiger partial charge in [-0.2, -0.15) is 5.10 Å². The highest BCUT2D eigenvalue weighted by molar-refractivity contribution is 8.15. The Morgan fingerprint density at radius 3 is 2.71 bits per heavy atom. The maximum atomic E-state index is 11.8. The molecule has 0 unspecified atom stereocenters. The predicted molar refractivity (Wildman–Crippen MR) is 83.8 cm³/mol. The summed E-state index contributed by atoms with van der Waals surface area (Å²) in [6, 6.07) is 5.62. The van der Waals surface area contributed by atoms with Gasteiger partial charge in [0.15, 0.2) is 5.17 Å². The van der Waals surface area contributed by atoms with Crippen LogP contribution in [0, 0.1) is 0 Å². The third-order valence-electron chi connectivity index (χ3n) is 3.24. The van der Waals surface area contributed by atoms with Crippen LogP contribution in [0.3, 0.4) is 0 Å². The van der Waals surface area contributed by atoms with E-state index in [2.05, 4.69) is 15.5 Å². The van der Waals surface area contributed by atoms with Crippen LogP contribution >= 0.6 is 11.8 Å². The number of rotatable bonds is 2. The van der Waals surface area contributed by atoms with E-state index in [1.54, 1.807) is 29.4 Å². The van der Waals surface area contributed by atoms with Gasteiger partial charge < -0.3 is 5.32 Å². The smallest absolute Gasteiger partial charge is 0.303 e. The Labute approximate surface area is 124 Å². The summed E-state index contributed by atoms with van der Waals surface area (Å²) in [7, 11) is 3.47. The third kappa shape index (κ3) is 2.49. The molecule has 1 aromatic carbocycles. The van der Waals surface area contributed by atoms with Crippen molar-refractivity contribution in [2.45, 2.75) is 0 Å². The second-order valence-electron chi connectivity index (χ2n) is 4.64. The molecule has 2 aromatic rings. The zero-order chi connectivity index (χ0) is 15.0. The van der Waals surface area contributed by atoms with Crippen LogP contribution < -0.4 is 11.0 Å². The summed E-state index contributed by atoms with van der Waals surface area (Å²) in [4.78, 5) is 22.9. The van der Waals surface area contributed by atoms with Crippen molar-refractivity contribution >= 4 is 40.1 Å². The molecule has 1 saturated heterocycles. The van der Waals surface area contributed by atoms with E-state index in [0.29, 0.717) is 10.9 Å². The van der Waals surface area contributed by atoms with Crippen LogP contribution in [0.25, 0.3) is 11.0 Å². The summed E-state index contributed by atoms with van der Waals surface area (Å²) in [6.07, 6.45) is 1.59. The van der Waals surface area contributed by atoms with Crippen molar-refractivity contribution in [2.24, 2.45) is 24.3 Å². The summed E-state index contributed by atoms with van der Waals surface area (Å²) in [5, 5.41) is 11.0. The molecule has 108 valence electrons. The Bertz CT molecular complexity index is 846. The highest BCUT2D eigenvalue weighted by Gasteiger charge is 2.15. The number of imidazole rings is 1. The van der Waals surface area contributed by atoms with Crippen molar-refractivity contribution in [3.05, 3.63) is 34.2 Å². The molecule has 1 fully saturated rings. The van der Waals surface area contributed by atoms with E-state index in [4.69, 9.17) is 0 Å². The molecule has 1 amide bonds. The second-order valence-corrected chi connectivity index (χ2v) is 5.60. The minimum Gasteiger partial charge on any atom is -0.303 e. The van der Waals surface area contributed by atoms with Crippen molar-refractivity contribution in [1.82, 2.24) is 14.5 Å². The number of amides is 1. The Balaban J connectivity index is 1.90. The molecule has 1 aromatic heterocycles. The zero-order valence-electron chi connectivity index (χ0n) is 11.5. The van der Waals surface area contributed by atoms with Gasteiger partial charge in [0.05, 0.1) is 23.0 Å². The standard InChI is InChI=1S/C13H13N5O2S/c1-17-9-4-3-8(5-10(9)18(2)13(17)20)6-14-16-12-15-11(19)7-21-12/h3-6H,7H2,1-2H3,(H,15,16,19)/b14-6-. The lowest BCUT2D eigenvalue weighted by molar-refractivity contribution is -0.116. The summed E-state index contributed by atoms with van der Waals surface area (Å²) >= 11 is 1.32. The van der Waals surface area contributed by atoms with Crippen LogP contribution in [0.1, 0.15) is 5.56 Å². The molecule has 0 aliphatic carbocycles. The van der Waals surface area contributed by atoms with Gasteiger partial charge in [-0.3, -0.25) is 13.9 Å². The van der Waals surface area contributed by atoms with E-state index in [1.165, 1.54) is 11.8 Å². The molecular weight excluding hydrogens is 290 g/mol. The average Bonchev–Trinajstić information content (AvgIpc) is 2.98. The summed E-state index contributed by atoms with van der Waals surface area (Å²) in [5.41, 5.74) is 2.47. The molecule has 0 atom stereocenters. The fourth-order valence-electron chi connectivity index (χ4n) is 2.13. The number of aromatic nitrogens is 2. The third-order valence-corrected chi connectivity index (χ3v) is 4.10. The molecular formula is C13H13N5O2S. The molecule has 0 saturated carbocycles. The molecule has 1 aliphatic rings. The number of hydrogen-bond donors (Lipinski definition) is 1. The van der Waals surface area contributed by atoms with Gasteiger partial charge >= 0.3 is 5.69 Å². The van der Waals surface area contributed by atoms with Crippen molar-refractivity contribution in [3.63, 3.8) is 0 Å². The number of aryl methyl sites for hydroxylation is 2. The van der Waals surface area contributed by atoms with Crippen molar-refractivity contribution in [3.8, 4) is 0 Å². The maximum Gasteiger partial charge on any atom is 0.328 e. The number of carbonyl (C=O) groups excluding carboxylic acids is 1. The lowest BCUT2D eigenvalue weighted by atomic mass is 10.2. The van der Waals surface area contributed by atoms with Gasteiger partial charge in [-0.05, 0) is 17.7 Å². The minimum absolute atomic E-state index is 0.0605. The second kappa shape index (κ2) is 5.21. The SMILES string of the molecule is Cn1c(=O)n(C)c2cc(/C=N\N=C3\NC(=O)CS3)ccc21. The largest absolute Gasteiger partial charge is 0.328 e. The number of benzene rings is 1. The number of thioether (sulfide) groups is 1. The average molecular weight is 303 g/mol. The number of hydrogen-bond acceptors (Lipinski definition) is 5. The van der Waals surface area contributed by atoms with Gasteiger partial charge in [-0.1, -0.05) is 17.8 Å². The van der Waals surface area contributed by atoms with Gasteiger partial charge in [0, 0.05) is 14.1 Å². The Morgan fingerprint density at radius 1 is 1.24 bits per heavy atom. The molecule has 8 heteroatoms. The molecule has 0 spiro atoms. The summed E-state index contributed by atoms with van der Waals surface area (Å²) in [5.74, 6) is 0.321. The Hall–Kier alpha value is -2.35. The van der Waals surface area contributed by atoms with Gasteiger partial charge in [0.1, 0.15) is 0 Å². The quantitative estimate of drug-likeness (QED) is 0.645. The molecule has 0 bridgehead atoms. The van der Waals surface area contributed by atoms with E-state index in [0.717, 1.165) is 16.6 Å². The van der Waals surface area contributed by atoms with E-state index >= 15 is 0 Å². The topological polar surface area (TPSA) is 80.8 Å². The van der Waals surface area contributed by atoms with Crippen molar-refractivity contribution < 1.29 is 4.79 Å². The van der Waals surface area contributed by atoms with Gasteiger partial charge in [0.2, 0.25) is 5.91 Å². The van der Waals surface area contributed by atoms with Crippen LogP contribution in [0.4, 0.5) is 0 Å². The first kappa shape index (κ1) is 13.6. The molecule has 0 radical (unpaired) electrons. The number of amidine groups is 1. The molecule has 3 rings (SSSR count). The highest BCUT2D eigenvalue weighted by Crippen LogP contribution is 2.13. The number of nitrogens with one attached hydrogen (secondary N) is 1. The van der Waals surface area contributed by atoms with Gasteiger partial charge in [-0.25, -0.2) is 4.79 Å². The van der Waals surface area contributed by atoms with Crippen LogP contribution in [0.2, 0.25) is 0 Å². The number of fused-ring (bicyclic) bond motifs is 1. The summed E-state index contributed by atoms with van der Waals surface area (Å²) < 4.78 is 3.19. The molecule has 7 nitrogen and oxygen atoms in total. The van der Waals surface area contributed by atoms with E-state index in [-0.39, 0.29) is 11.6 Å². The fourth-order valence-corrected chi connectivity index (χ4v) is 2.76. The van der Waals surface area contributed by atoms with Crippen LogP contribution in [-0.4, -0.2) is 32.2 Å². The maximum absolute atomic E-state index is 11.8. The first-order valence-electron chi connectivity index (χ1n) is 6.25. The van der Waals surface area contributed by atoms with E-state index in [9.17, 15) is 9.59 Å². The van der Waals surface area contributed by atoms with E-state index in [1.807, 2.05) is 18.2 Å². The first-order valence-corrected chi connectivity index (χ1v) is 7.24. The lowest BCUT2D eigenvalue weighted by Crippen LogP contribution is -2.19. The van der Waals surface area contributed by atoms with Crippen LogP contribution in [-0.2, 0) is 18.9 Å². The predicted octanol–water partition coefficient (Wildman–Crippen LogP) is 0.430. The van der Waals surface area contributed by atoms with Crippen molar-refractivity contribution in [1.29, 1.82) is 0 Å². The fraction of sp³-hybridized carbons (Fsp3) is 0.231. The first-order chi connectivity index (χ1) is 10.1. The summed E-state index contributed by atoms with van der Waals surface area (Å²) in [6.45, 7) is 0. The van der Waals surface area contributed by atoms with Crippen LogP contribution in [0.5, 0.6) is 0 Å². The molecule has 1 N–H and O–H groups in total. The number of carbonyl (C=O) groups is 1. The normalized spacial score (nSPS) is 17.2. The Kier molecular flexibility index (Phi) is 3.38. The monoisotopic (exact) mass is 303 g/mol. The lowest BCUT2D eigenvalue weighted by Gasteiger charge is -1.96. The van der Waals surface area contributed by atoms with Crippen molar-refractivity contribution in [2.75, 3.05) is 5.75 Å². The van der Waals surface area contributed by atoms with Gasteiger partial charge in [-0.15, -0.1) is 5.10 Å². The molecule has 1 aliphatic heterocycles. The Morgan fingerprint density at radius 2 is 2.00 bits per heavy atom. The number of nitrogens with zero attached hydrogens (tertiary/aromatic N) is 4.